The van der Waals surface area contributed by atoms with Crippen molar-refractivity contribution in [3.8, 4) is 5.75 Å². The number of rotatable bonds is 3. The lowest BCUT2D eigenvalue weighted by Gasteiger charge is -2.35. The average molecular weight is 342 g/mol. The summed E-state index contributed by atoms with van der Waals surface area (Å²) in [6.45, 7) is 4.23. The number of nitrogens with one attached hydrogen (secondary N) is 1. The van der Waals surface area contributed by atoms with E-state index >= 15 is 0 Å². The fraction of sp³-hybridized carbons (Fsp3) is 0.250. The molecule has 0 aliphatic carbocycles. The van der Waals surface area contributed by atoms with Crippen LogP contribution in [0, 0.1) is 0 Å². The predicted octanol–water partition coefficient (Wildman–Crippen LogP) is 4.50. The lowest BCUT2D eigenvalue weighted by Crippen LogP contribution is -2.43. The van der Waals surface area contributed by atoms with Gasteiger partial charge in [0.2, 0.25) is 0 Å². The molecule has 0 saturated heterocycles. The molecule has 0 fully saturated rings. The van der Waals surface area contributed by atoms with Crippen LogP contribution in [-0.2, 0) is 6.42 Å². The molecule has 0 unspecified atom stereocenters. The predicted molar refractivity (Wildman–Crippen MR) is 97.7 cm³/mol. The van der Waals surface area contributed by atoms with Crippen LogP contribution in [0.25, 0.3) is 5.70 Å². The summed E-state index contributed by atoms with van der Waals surface area (Å²) >= 11 is 6.15. The van der Waals surface area contributed by atoms with E-state index in [2.05, 4.69) is 19.2 Å². The molecule has 0 spiro atoms. The smallest absolute Gasteiger partial charge is 0.191 e. The lowest BCUT2D eigenvalue weighted by molar-refractivity contribution is 0.104. The number of carbonyl (C=O) groups excluding carboxylic acids is 1. The first-order chi connectivity index (χ1) is 11.4. The molecule has 2 aromatic rings. The number of ether oxygens (including phenoxy) is 1. The van der Waals surface area contributed by atoms with E-state index in [0.29, 0.717) is 16.3 Å². The number of ketones is 1. The second-order valence-corrected chi connectivity index (χ2v) is 7.05. The number of methoxy groups -OCH3 is 1. The zero-order chi connectivity index (χ0) is 17.3. The van der Waals surface area contributed by atoms with Crippen LogP contribution in [0.2, 0.25) is 5.02 Å². The minimum absolute atomic E-state index is 0.0985. The molecule has 2 aromatic carbocycles. The third kappa shape index (κ3) is 3.31. The molecule has 0 amide bonds. The van der Waals surface area contributed by atoms with Crippen molar-refractivity contribution in [2.45, 2.75) is 25.8 Å². The van der Waals surface area contributed by atoms with Crippen molar-refractivity contribution >= 4 is 23.1 Å². The first-order valence-corrected chi connectivity index (χ1v) is 8.23. The average Bonchev–Trinajstić information content (AvgIpc) is 2.54. The molecule has 124 valence electrons. The van der Waals surface area contributed by atoms with E-state index in [1.807, 2.05) is 30.3 Å². The number of carbonyl (C=O) groups is 1. The molecular weight excluding hydrogens is 322 g/mol. The third-order valence-electron chi connectivity index (χ3n) is 4.12. The van der Waals surface area contributed by atoms with Gasteiger partial charge in [0, 0.05) is 27.9 Å². The van der Waals surface area contributed by atoms with Gasteiger partial charge in [-0.1, -0.05) is 29.8 Å². The van der Waals surface area contributed by atoms with E-state index in [9.17, 15) is 4.79 Å². The molecule has 1 N–H and O–H groups in total. The number of benzene rings is 2. The van der Waals surface area contributed by atoms with Crippen molar-refractivity contribution in [1.82, 2.24) is 5.32 Å². The van der Waals surface area contributed by atoms with Crippen molar-refractivity contribution in [2.24, 2.45) is 0 Å². The van der Waals surface area contributed by atoms with Gasteiger partial charge in [-0.2, -0.15) is 0 Å². The van der Waals surface area contributed by atoms with E-state index in [1.165, 1.54) is 5.56 Å². The summed E-state index contributed by atoms with van der Waals surface area (Å²) < 4.78 is 5.29. The van der Waals surface area contributed by atoms with Gasteiger partial charge in [0.05, 0.1) is 12.7 Å². The SMILES string of the molecule is COc1ccccc1C(=O)C=C1NC(C)(C)Cc2ccc(Cl)cc21. The first kappa shape index (κ1) is 16.6. The highest BCUT2D eigenvalue weighted by atomic mass is 35.5. The Balaban J connectivity index is 2.06. The van der Waals surface area contributed by atoms with Crippen LogP contribution in [0.4, 0.5) is 0 Å². The van der Waals surface area contributed by atoms with Gasteiger partial charge in [0.15, 0.2) is 5.78 Å². The molecule has 0 bridgehead atoms. The Bertz CT molecular complexity index is 824. The van der Waals surface area contributed by atoms with Crippen molar-refractivity contribution in [3.63, 3.8) is 0 Å². The molecule has 3 rings (SSSR count). The quantitative estimate of drug-likeness (QED) is 0.660. The Morgan fingerprint density at radius 3 is 2.75 bits per heavy atom. The normalized spacial score (nSPS) is 17.1. The lowest BCUT2D eigenvalue weighted by atomic mass is 9.85. The van der Waals surface area contributed by atoms with Gasteiger partial charge in [-0.25, -0.2) is 0 Å². The van der Waals surface area contributed by atoms with Gasteiger partial charge in [0.25, 0.3) is 0 Å². The maximum atomic E-state index is 12.8. The highest BCUT2D eigenvalue weighted by Crippen LogP contribution is 2.32. The summed E-state index contributed by atoms with van der Waals surface area (Å²) in [5, 5.41) is 4.11. The van der Waals surface area contributed by atoms with Crippen LogP contribution in [0.5, 0.6) is 5.75 Å². The van der Waals surface area contributed by atoms with E-state index in [0.717, 1.165) is 17.7 Å². The fourth-order valence-electron chi connectivity index (χ4n) is 3.08. The molecule has 4 heteroatoms. The Kier molecular flexibility index (Phi) is 4.37. The van der Waals surface area contributed by atoms with Gasteiger partial charge in [-0.15, -0.1) is 0 Å². The number of allylic oxidation sites excluding steroid dienone is 1. The zero-order valence-electron chi connectivity index (χ0n) is 14.0. The van der Waals surface area contributed by atoms with E-state index in [1.54, 1.807) is 25.3 Å². The second-order valence-electron chi connectivity index (χ2n) is 6.61. The standard InChI is InChI=1S/C20H20ClNO2/c1-20(2)12-13-8-9-14(21)10-16(13)17(22-20)11-18(23)15-6-4-5-7-19(15)24-3/h4-11,22H,12H2,1-3H3. The Morgan fingerprint density at radius 2 is 2.00 bits per heavy atom. The van der Waals surface area contributed by atoms with Gasteiger partial charge >= 0.3 is 0 Å². The van der Waals surface area contributed by atoms with E-state index in [-0.39, 0.29) is 11.3 Å². The number of hydrogen-bond donors (Lipinski definition) is 1. The van der Waals surface area contributed by atoms with Gasteiger partial charge < -0.3 is 10.1 Å². The largest absolute Gasteiger partial charge is 0.496 e. The number of para-hydroxylation sites is 1. The van der Waals surface area contributed by atoms with Crippen molar-refractivity contribution < 1.29 is 9.53 Å². The summed E-state index contributed by atoms with van der Waals surface area (Å²) in [7, 11) is 1.57. The van der Waals surface area contributed by atoms with Crippen LogP contribution >= 0.6 is 11.6 Å². The molecule has 0 atom stereocenters. The van der Waals surface area contributed by atoms with E-state index in [4.69, 9.17) is 16.3 Å². The summed E-state index contributed by atoms with van der Waals surface area (Å²) in [6.07, 6.45) is 2.51. The second kappa shape index (κ2) is 6.33. The summed E-state index contributed by atoms with van der Waals surface area (Å²) in [5.41, 5.74) is 3.36. The number of fused-ring (bicyclic) bond motifs is 1. The minimum Gasteiger partial charge on any atom is -0.496 e. The topological polar surface area (TPSA) is 38.3 Å². The maximum absolute atomic E-state index is 12.8. The highest BCUT2D eigenvalue weighted by molar-refractivity contribution is 6.30. The minimum atomic E-state index is -0.131. The van der Waals surface area contributed by atoms with Crippen LogP contribution in [0.3, 0.4) is 0 Å². The molecule has 0 aromatic heterocycles. The summed E-state index contributed by atoms with van der Waals surface area (Å²) in [5.74, 6) is 0.472. The molecule has 1 aliphatic rings. The van der Waals surface area contributed by atoms with E-state index < -0.39 is 0 Å². The first-order valence-electron chi connectivity index (χ1n) is 7.86. The molecule has 0 radical (unpaired) electrons. The third-order valence-corrected chi connectivity index (χ3v) is 4.35. The Morgan fingerprint density at radius 1 is 1.25 bits per heavy atom. The van der Waals surface area contributed by atoms with Gasteiger partial charge in [0.1, 0.15) is 5.75 Å². The Labute approximate surface area is 147 Å². The maximum Gasteiger partial charge on any atom is 0.191 e. The van der Waals surface area contributed by atoms with Crippen LogP contribution in [0.1, 0.15) is 35.3 Å². The van der Waals surface area contributed by atoms with Crippen LogP contribution in [0.15, 0.2) is 48.5 Å². The number of halogens is 1. The molecule has 24 heavy (non-hydrogen) atoms. The highest BCUT2D eigenvalue weighted by Gasteiger charge is 2.28. The molecule has 0 saturated carbocycles. The molecule has 1 aliphatic heterocycles. The van der Waals surface area contributed by atoms with Crippen molar-refractivity contribution in [1.29, 1.82) is 0 Å². The zero-order valence-corrected chi connectivity index (χ0v) is 14.8. The summed E-state index contributed by atoms with van der Waals surface area (Å²) in [4.78, 5) is 12.8. The van der Waals surface area contributed by atoms with Gasteiger partial charge in [-0.05, 0) is 50.1 Å². The van der Waals surface area contributed by atoms with Crippen LogP contribution < -0.4 is 10.1 Å². The number of hydrogen-bond acceptors (Lipinski definition) is 3. The monoisotopic (exact) mass is 341 g/mol. The molecule has 3 nitrogen and oxygen atoms in total. The van der Waals surface area contributed by atoms with Crippen LogP contribution in [-0.4, -0.2) is 18.4 Å². The molecular formula is C20H20ClNO2. The van der Waals surface area contributed by atoms with Crippen molar-refractivity contribution in [3.05, 3.63) is 70.3 Å². The van der Waals surface area contributed by atoms with Gasteiger partial charge in [-0.3, -0.25) is 4.79 Å². The summed E-state index contributed by atoms with van der Waals surface area (Å²) in [6, 6.07) is 13.1. The Hall–Kier alpha value is -2.26. The van der Waals surface area contributed by atoms with Crippen molar-refractivity contribution in [2.75, 3.05) is 7.11 Å². The fourth-order valence-corrected chi connectivity index (χ4v) is 3.25. The molecule has 1 heterocycles.